The summed E-state index contributed by atoms with van der Waals surface area (Å²) >= 11 is 0. The topological polar surface area (TPSA) is 102 Å². The van der Waals surface area contributed by atoms with Crippen LogP contribution >= 0.6 is 0 Å². The first-order valence-corrected chi connectivity index (χ1v) is 10.5. The van der Waals surface area contributed by atoms with Gasteiger partial charge in [-0.25, -0.2) is 10.0 Å². The average Bonchev–Trinajstić information content (AvgIpc) is 3.29. The molecule has 8 nitrogen and oxygen atoms in total. The van der Waals surface area contributed by atoms with Crippen molar-refractivity contribution in [2.24, 2.45) is 17.3 Å². The van der Waals surface area contributed by atoms with Crippen molar-refractivity contribution in [1.82, 2.24) is 25.2 Å². The maximum absolute atomic E-state index is 13.2. The number of amides is 2. The zero-order chi connectivity index (χ0) is 21.6. The molecule has 164 valence electrons. The largest absolute Gasteiger partial charge is 0.345 e. The quantitative estimate of drug-likeness (QED) is 0.314. The molecule has 2 rings (SSSR count). The van der Waals surface area contributed by atoms with Crippen LogP contribution in [0.15, 0.2) is 6.20 Å². The maximum Gasteiger partial charge on any atom is 0.233 e. The third kappa shape index (κ3) is 7.12. The highest BCUT2D eigenvalue weighted by molar-refractivity contribution is 5.79. The summed E-state index contributed by atoms with van der Waals surface area (Å²) in [6.07, 6.45) is 7.41. The van der Waals surface area contributed by atoms with Crippen LogP contribution in [0.1, 0.15) is 70.4 Å². The minimum absolute atomic E-state index is 0.00668. The third-order valence-corrected chi connectivity index (χ3v) is 5.55. The Morgan fingerprint density at radius 3 is 2.59 bits per heavy atom. The Balaban J connectivity index is 2.16. The van der Waals surface area contributed by atoms with Gasteiger partial charge in [0.1, 0.15) is 5.82 Å². The number of hydroxylamine groups is 2. The van der Waals surface area contributed by atoms with E-state index < -0.39 is 5.92 Å². The smallest absolute Gasteiger partial charge is 0.233 e. The second-order valence-corrected chi connectivity index (χ2v) is 9.65. The van der Waals surface area contributed by atoms with E-state index in [0.29, 0.717) is 23.8 Å². The first-order valence-electron chi connectivity index (χ1n) is 10.5. The zero-order valence-corrected chi connectivity index (χ0v) is 18.4. The van der Waals surface area contributed by atoms with Crippen molar-refractivity contribution in [1.29, 1.82) is 0 Å². The summed E-state index contributed by atoms with van der Waals surface area (Å²) in [4.78, 5) is 34.0. The highest BCUT2D eigenvalue weighted by Crippen LogP contribution is 2.34. The molecule has 3 N–H and O–H groups in total. The van der Waals surface area contributed by atoms with E-state index in [2.05, 4.69) is 41.0 Å². The lowest BCUT2D eigenvalue weighted by Gasteiger charge is -2.32. The Morgan fingerprint density at radius 2 is 2.03 bits per heavy atom. The van der Waals surface area contributed by atoms with Gasteiger partial charge in [0.05, 0.1) is 18.5 Å². The van der Waals surface area contributed by atoms with Crippen molar-refractivity contribution in [3.63, 3.8) is 0 Å². The molecule has 29 heavy (non-hydrogen) atoms. The second-order valence-electron chi connectivity index (χ2n) is 9.65. The lowest BCUT2D eigenvalue weighted by Crippen LogP contribution is -2.43. The SMILES string of the molecule is CN(C)Cc1cnc([C@@H](NC(=O)C(CC2CCCC2)CN(O)C=O)C(C)(C)C)[nH]1. The first kappa shape index (κ1) is 23.3. The summed E-state index contributed by atoms with van der Waals surface area (Å²) in [6, 6.07) is -0.305. The summed E-state index contributed by atoms with van der Waals surface area (Å²) in [5.74, 6) is 0.588. The van der Waals surface area contributed by atoms with Gasteiger partial charge in [0.25, 0.3) is 0 Å². The molecule has 2 atom stereocenters. The molecule has 0 bridgehead atoms. The van der Waals surface area contributed by atoms with Gasteiger partial charge in [-0.2, -0.15) is 0 Å². The molecule has 8 heteroatoms. The molecule has 1 fully saturated rings. The van der Waals surface area contributed by atoms with Crippen molar-refractivity contribution in [3.8, 4) is 0 Å². The number of H-pyrrole nitrogens is 1. The van der Waals surface area contributed by atoms with Gasteiger partial charge < -0.3 is 15.2 Å². The second kappa shape index (κ2) is 10.2. The van der Waals surface area contributed by atoms with Crippen molar-refractivity contribution < 1.29 is 14.8 Å². The third-order valence-electron chi connectivity index (χ3n) is 5.55. The van der Waals surface area contributed by atoms with E-state index >= 15 is 0 Å². The molecule has 1 saturated carbocycles. The summed E-state index contributed by atoms with van der Waals surface area (Å²) in [5.41, 5.74) is 0.725. The number of nitrogens with one attached hydrogen (secondary N) is 2. The molecule has 0 saturated heterocycles. The molecule has 0 spiro atoms. The van der Waals surface area contributed by atoms with E-state index in [-0.39, 0.29) is 23.9 Å². The van der Waals surface area contributed by atoms with Crippen LogP contribution in [0.25, 0.3) is 0 Å². The monoisotopic (exact) mass is 407 g/mol. The Hall–Kier alpha value is -1.93. The Kier molecular flexibility index (Phi) is 8.22. The Labute approximate surface area is 174 Å². The van der Waals surface area contributed by atoms with Gasteiger partial charge in [-0.15, -0.1) is 0 Å². The molecular weight excluding hydrogens is 370 g/mol. The molecular formula is C21H37N5O3. The molecule has 1 aliphatic carbocycles. The maximum atomic E-state index is 13.2. The van der Waals surface area contributed by atoms with Gasteiger partial charge in [-0.3, -0.25) is 14.8 Å². The number of aromatic nitrogens is 2. The lowest BCUT2D eigenvalue weighted by molar-refractivity contribution is -0.155. The fourth-order valence-corrected chi connectivity index (χ4v) is 4.08. The van der Waals surface area contributed by atoms with Crippen LogP contribution < -0.4 is 5.32 Å². The molecule has 2 amide bonds. The van der Waals surface area contributed by atoms with Crippen LogP contribution in [0.5, 0.6) is 0 Å². The zero-order valence-electron chi connectivity index (χ0n) is 18.4. The highest BCUT2D eigenvalue weighted by atomic mass is 16.5. The predicted octanol–water partition coefficient (Wildman–Crippen LogP) is 2.72. The predicted molar refractivity (Wildman–Crippen MR) is 111 cm³/mol. The number of hydrogen-bond acceptors (Lipinski definition) is 5. The fraction of sp³-hybridized carbons (Fsp3) is 0.762. The van der Waals surface area contributed by atoms with Crippen LogP contribution in [0.4, 0.5) is 0 Å². The molecule has 0 aromatic carbocycles. The lowest BCUT2D eigenvalue weighted by atomic mass is 9.85. The summed E-state index contributed by atoms with van der Waals surface area (Å²) in [5, 5.41) is 13.4. The van der Waals surface area contributed by atoms with Crippen LogP contribution in [-0.2, 0) is 16.1 Å². The van der Waals surface area contributed by atoms with Gasteiger partial charge in [0.15, 0.2) is 0 Å². The van der Waals surface area contributed by atoms with Crippen molar-refractivity contribution in [2.75, 3.05) is 20.6 Å². The fourth-order valence-electron chi connectivity index (χ4n) is 4.08. The van der Waals surface area contributed by atoms with E-state index in [4.69, 9.17) is 0 Å². The average molecular weight is 408 g/mol. The Morgan fingerprint density at radius 1 is 1.38 bits per heavy atom. The van der Waals surface area contributed by atoms with Gasteiger partial charge >= 0.3 is 0 Å². The van der Waals surface area contributed by atoms with Gasteiger partial charge in [-0.05, 0) is 31.8 Å². The minimum atomic E-state index is -0.450. The molecule has 0 radical (unpaired) electrons. The summed E-state index contributed by atoms with van der Waals surface area (Å²) in [6.45, 7) is 6.92. The number of nitrogens with zero attached hydrogens (tertiary/aromatic N) is 3. The number of carbonyl (C=O) groups is 2. The number of carbonyl (C=O) groups excluding carboxylic acids is 2. The van der Waals surface area contributed by atoms with E-state index in [1.165, 1.54) is 12.8 Å². The van der Waals surface area contributed by atoms with Crippen LogP contribution in [0.3, 0.4) is 0 Å². The van der Waals surface area contributed by atoms with Gasteiger partial charge in [0, 0.05) is 18.4 Å². The number of hydrogen-bond donors (Lipinski definition) is 3. The molecule has 0 aliphatic heterocycles. The molecule has 1 aromatic rings. The van der Waals surface area contributed by atoms with Crippen LogP contribution in [0.2, 0.25) is 0 Å². The number of rotatable bonds is 10. The summed E-state index contributed by atoms with van der Waals surface area (Å²) in [7, 11) is 3.98. The van der Waals surface area contributed by atoms with E-state index in [1.54, 1.807) is 6.20 Å². The number of aromatic amines is 1. The summed E-state index contributed by atoms with van der Waals surface area (Å²) < 4.78 is 0. The number of imidazole rings is 1. The minimum Gasteiger partial charge on any atom is -0.345 e. The van der Waals surface area contributed by atoms with E-state index in [1.807, 2.05) is 14.1 Å². The van der Waals surface area contributed by atoms with E-state index in [0.717, 1.165) is 30.9 Å². The van der Waals surface area contributed by atoms with Crippen LogP contribution in [0, 0.1) is 17.3 Å². The van der Waals surface area contributed by atoms with E-state index in [9.17, 15) is 14.8 Å². The van der Waals surface area contributed by atoms with Crippen LogP contribution in [-0.4, -0.2) is 58.1 Å². The normalized spacial score (nSPS) is 17.3. The highest BCUT2D eigenvalue weighted by Gasteiger charge is 2.34. The molecule has 1 aliphatic rings. The molecule has 1 heterocycles. The molecule has 1 unspecified atom stereocenters. The van der Waals surface area contributed by atoms with Gasteiger partial charge in [0.2, 0.25) is 12.3 Å². The van der Waals surface area contributed by atoms with Gasteiger partial charge in [-0.1, -0.05) is 46.5 Å². The van der Waals surface area contributed by atoms with Crippen molar-refractivity contribution >= 4 is 12.3 Å². The Bertz CT molecular complexity index is 662. The standard InChI is InChI=1S/C21H37N5O3/c1-21(2,3)18(19-22-11-17(23-19)13-25(4)5)24-20(28)16(12-26(29)14-27)10-15-8-6-7-9-15/h11,14-16,18,29H,6-10,12-13H2,1-5H3,(H,22,23)(H,24,28)/t16?,18-/m1/s1. The molecule has 1 aromatic heterocycles. The first-order chi connectivity index (χ1) is 13.6. The van der Waals surface area contributed by atoms with Crippen molar-refractivity contribution in [3.05, 3.63) is 17.7 Å². The van der Waals surface area contributed by atoms with Crippen molar-refractivity contribution in [2.45, 2.75) is 65.5 Å².